The minimum absolute atomic E-state index is 0.0155. The van der Waals surface area contributed by atoms with E-state index in [-0.39, 0.29) is 48.2 Å². The Morgan fingerprint density at radius 2 is 1.64 bits per heavy atom. The first-order valence-electron chi connectivity index (χ1n) is 18.0. The second kappa shape index (κ2) is 17.2. The third-order valence-electron chi connectivity index (χ3n) is 9.35. The molecule has 3 aromatic rings. The van der Waals surface area contributed by atoms with Crippen LogP contribution in [0.4, 0.5) is 35.5 Å². The smallest absolute Gasteiger partial charge is 0.422 e. The van der Waals surface area contributed by atoms with Gasteiger partial charge in [-0.2, -0.15) is 28.1 Å². The molecule has 0 atom stereocenters. The number of nitrogens with one attached hydrogen (secondary N) is 4. The molecule has 4 N–H and O–H groups in total. The summed E-state index contributed by atoms with van der Waals surface area (Å²) in [6, 6.07) is 11.4. The number of urea groups is 1. The zero-order valence-corrected chi connectivity index (χ0v) is 29.8. The van der Waals surface area contributed by atoms with E-state index in [9.17, 15) is 22.8 Å². The number of hydrogen-bond donors (Lipinski definition) is 4. The van der Waals surface area contributed by atoms with Crippen LogP contribution in [0, 0.1) is 5.41 Å². The molecule has 0 spiro atoms. The maximum absolute atomic E-state index is 13.6. The number of fused-ring (bicyclic) bond motifs is 11. The second-order valence-corrected chi connectivity index (χ2v) is 13.6. The number of nitrogens with zero attached hydrogens (tertiary/aromatic N) is 5. The first-order chi connectivity index (χ1) is 25.6. The predicted molar refractivity (Wildman–Crippen MR) is 191 cm³/mol. The number of aromatic nitrogens is 3. The number of amides is 3. The van der Waals surface area contributed by atoms with Crippen molar-refractivity contribution in [2.75, 3.05) is 76.8 Å². The Morgan fingerprint density at radius 3 is 2.34 bits per heavy atom. The van der Waals surface area contributed by atoms with E-state index in [2.05, 4.69) is 41.1 Å². The topological polar surface area (TPSA) is 155 Å². The van der Waals surface area contributed by atoms with Gasteiger partial charge in [0.15, 0.2) is 6.61 Å². The third-order valence-corrected chi connectivity index (χ3v) is 9.35. The number of alkyl halides is 3. The summed E-state index contributed by atoms with van der Waals surface area (Å²) in [5, 5.41) is 11.8. The van der Waals surface area contributed by atoms with Gasteiger partial charge in [0, 0.05) is 56.9 Å². The molecule has 0 radical (unpaired) electrons. The summed E-state index contributed by atoms with van der Waals surface area (Å²) in [5.41, 5.74) is 1.64. The Kier molecular flexibility index (Phi) is 12.2. The Hall–Kier alpha value is -5.06. The lowest BCUT2D eigenvalue weighted by molar-refractivity contribution is -0.154. The second-order valence-electron chi connectivity index (χ2n) is 13.6. The van der Waals surface area contributed by atoms with Crippen LogP contribution in [0.2, 0.25) is 0 Å². The average Bonchev–Trinajstić information content (AvgIpc) is 3.72. The van der Waals surface area contributed by atoms with Crippen LogP contribution >= 0.6 is 0 Å². The largest absolute Gasteiger partial charge is 0.494 e. The molecule has 1 aliphatic carbocycles. The standard InChI is InChI=1S/C36H46F3N9O5/c1-40-34(50)48-16-4-18-51-27-9-6-25(7-10-27)21-41-31-44-32(46-33(45-31)53-24-36(37,38)39)43-26-8-11-28(29(20-26)52-19-5-17-48)30(49)42-22-35(12-13-35)23-47-14-2-3-15-47/h6-11,20H,2-5,12-19,21-24H2,1H3,(H,40,50)(H,42,49)(H2,41,43,44,45,46). The molecule has 14 nitrogen and oxygen atoms in total. The number of benzene rings is 2. The highest BCUT2D eigenvalue weighted by atomic mass is 19.4. The van der Waals surface area contributed by atoms with E-state index in [1.54, 1.807) is 42.3 Å². The third kappa shape index (κ3) is 11.2. The summed E-state index contributed by atoms with van der Waals surface area (Å²) < 4.78 is 56.0. The van der Waals surface area contributed by atoms with Gasteiger partial charge in [-0.3, -0.25) is 4.79 Å². The number of ether oxygens (including phenoxy) is 3. The van der Waals surface area contributed by atoms with Crippen molar-refractivity contribution in [2.45, 2.75) is 51.2 Å². The van der Waals surface area contributed by atoms with Crippen LogP contribution in [0.5, 0.6) is 17.5 Å². The first-order valence-corrected chi connectivity index (χ1v) is 18.0. The van der Waals surface area contributed by atoms with E-state index in [4.69, 9.17) is 14.2 Å². The summed E-state index contributed by atoms with van der Waals surface area (Å²) >= 11 is 0. The SMILES string of the molecule is CNC(=O)N1CCCOc2ccc(cc2)CNc2nc(nc(OCC(F)(F)F)n2)Nc2ccc(C(=O)NCC3(CN4CCCC4)CC3)c(c2)OCCC1. The normalized spacial score (nSPS) is 17.8. The van der Waals surface area contributed by atoms with Gasteiger partial charge in [-0.25, -0.2) is 4.79 Å². The Morgan fingerprint density at radius 1 is 0.925 bits per heavy atom. The molecule has 1 saturated heterocycles. The predicted octanol–water partition coefficient (Wildman–Crippen LogP) is 4.97. The molecule has 1 aromatic heterocycles. The molecule has 1 saturated carbocycles. The van der Waals surface area contributed by atoms with Crippen molar-refractivity contribution in [1.82, 2.24) is 35.4 Å². The zero-order valence-electron chi connectivity index (χ0n) is 29.8. The maximum Gasteiger partial charge on any atom is 0.422 e. The molecule has 3 aliphatic heterocycles. The van der Waals surface area contributed by atoms with Crippen molar-refractivity contribution in [3.8, 4) is 17.5 Å². The van der Waals surface area contributed by atoms with Gasteiger partial charge in [-0.15, -0.1) is 0 Å². The number of anilines is 3. The molecule has 4 heterocycles. The minimum Gasteiger partial charge on any atom is -0.494 e. The Labute approximate surface area is 306 Å². The summed E-state index contributed by atoms with van der Waals surface area (Å²) in [6.07, 6.45) is 0.993. The van der Waals surface area contributed by atoms with Crippen LogP contribution in [-0.4, -0.2) is 109 Å². The molecule has 2 fully saturated rings. The summed E-state index contributed by atoms with van der Waals surface area (Å²) in [5.74, 6) is 0.536. The molecule has 17 heteroatoms. The van der Waals surface area contributed by atoms with Crippen molar-refractivity contribution in [2.24, 2.45) is 5.41 Å². The molecule has 53 heavy (non-hydrogen) atoms. The van der Waals surface area contributed by atoms with Crippen molar-refractivity contribution in [3.63, 3.8) is 0 Å². The van der Waals surface area contributed by atoms with Gasteiger partial charge in [0.1, 0.15) is 11.5 Å². The van der Waals surface area contributed by atoms with Gasteiger partial charge in [0.05, 0.1) is 18.8 Å². The first kappa shape index (κ1) is 37.7. The van der Waals surface area contributed by atoms with E-state index < -0.39 is 18.8 Å². The fourth-order valence-electron chi connectivity index (χ4n) is 6.32. The van der Waals surface area contributed by atoms with Crippen LogP contribution in [-0.2, 0) is 6.54 Å². The molecule has 3 amide bonds. The van der Waals surface area contributed by atoms with Gasteiger partial charge in [0.2, 0.25) is 11.9 Å². The quantitative estimate of drug-likeness (QED) is 0.260. The highest BCUT2D eigenvalue weighted by molar-refractivity contribution is 5.97. The van der Waals surface area contributed by atoms with E-state index in [0.29, 0.717) is 56.1 Å². The lowest BCUT2D eigenvalue weighted by Crippen LogP contribution is -2.40. The van der Waals surface area contributed by atoms with Crippen LogP contribution < -0.4 is 35.5 Å². The average molecular weight is 742 g/mol. The van der Waals surface area contributed by atoms with Crippen molar-refractivity contribution in [3.05, 3.63) is 53.6 Å². The maximum atomic E-state index is 13.6. The summed E-state index contributed by atoms with van der Waals surface area (Å²) in [6.45, 7) is 3.80. The monoisotopic (exact) mass is 741 g/mol. The number of halogens is 3. The zero-order chi connectivity index (χ0) is 37.3. The van der Waals surface area contributed by atoms with Crippen molar-refractivity contribution >= 4 is 29.5 Å². The lowest BCUT2D eigenvalue weighted by Gasteiger charge is -2.24. The fourth-order valence-corrected chi connectivity index (χ4v) is 6.32. The molecular weight excluding hydrogens is 695 g/mol. The Balaban J connectivity index is 1.24. The van der Waals surface area contributed by atoms with Crippen LogP contribution in [0.1, 0.15) is 54.4 Å². The highest BCUT2D eigenvalue weighted by Crippen LogP contribution is 2.46. The van der Waals surface area contributed by atoms with Gasteiger partial charge < -0.3 is 45.3 Å². The minimum atomic E-state index is -4.61. The highest BCUT2D eigenvalue weighted by Gasteiger charge is 2.44. The molecule has 7 rings (SSSR count). The molecule has 4 aliphatic rings. The van der Waals surface area contributed by atoms with E-state index in [1.165, 1.54) is 12.8 Å². The van der Waals surface area contributed by atoms with Gasteiger partial charge in [-0.1, -0.05) is 12.1 Å². The van der Waals surface area contributed by atoms with Crippen LogP contribution in [0.25, 0.3) is 0 Å². The number of hydrogen-bond acceptors (Lipinski definition) is 11. The molecule has 286 valence electrons. The number of carbonyl (C=O) groups is 2. The number of rotatable bonds is 7. The van der Waals surface area contributed by atoms with E-state index in [1.807, 2.05) is 12.1 Å². The lowest BCUT2D eigenvalue weighted by atomic mass is 10.1. The van der Waals surface area contributed by atoms with Gasteiger partial charge in [-0.05, 0) is 81.4 Å². The van der Waals surface area contributed by atoms with E-state index in [0.717, 1.165) is 38.0 Å². The van der Waals surface area contributed by atoms with E-state index >= 15 is 0 Å². The molecule has 2 aromatic carbocycles. The fraction of sp³-hybridized carbons (Fsp3) is 0.528. The Bertz CT molecular complexity index is 1700. The van der Waals surface area contributed by atoms with Crippen molar-refractivity contribution < 1.29 is 37.0 Å². The molecular formula is C36H46F3N9O5. The van der Waals surface area contributed by atoms with Crippen LogP contribution in [0.3, 0.4) is 0 Å². The molecule has 6 bridgehead atoms. The summed E-state index contributed by atoms with van der Waals surface area (Å²) in [7, 11) is 1.58. The van der Waals surface area contributed by atoms with Gasteiger partial charge >= 0.3 is 18.2 Å². The van der Waals surface area contributed by atoms with Crippen LogP contribution in [0.15, 0.2) is 42.5 Å². The van der Waals surface area contributed by atoms with Gasteiger partial charge in [0.25, 0.3) is 5.91 Å². The number of likely N-dealkylation sites (tertiary alicyclic amines) is 1. The summed E-state index contributed by atoms with van der Waals surface area (Å²) in [4.78, 5) is 42.9. The number of carbonyl (C=O) groups excluding carboxylic acids is 2. The van der Waals surface area contributed by atoms with Crippen molar-refractivity contribution in [1.29, 1.82) is 0 Å². The molecule has 0 unspecified atom stereocenters.